The summed E-state index contributed by atoms with van der Waals surface area (Å²) in [6.07, 6.45) is 6.88. The van der Waals surface area contributed by atoms with Gasteiger partial charge >= 0.3 is 6.03 Å². The molecule has 10 nitrogen and oxygen atoms in total. The van der Waals surface area contributed by atoms with Gasteiger partial charge in [0.1, 0.15) is 27.6 Å². The van der Waals surface area contributed by atoms with E-state index < -0.39 is 11.3 Å². The lowest BCUT2D eigenvalue weighted by Gasteiger charge is -2.33. The van der Waals surface area contributed by atoms with E-state index in [4.69, 9.17) is 4.74 Å². The second-order valence-corrected chi connectivity index (χ2v) is 10.6. The molecule has 1 fully saturated rings. The van der Waals surface area contributed by atoms with Gasteiger partial charge in [-0.25, -0.2) is 19.7 Å². The van der Waals surface area contributed by atoms with Crippen molar-refractivity contribution in [2.75, 3.05) is 4.90 Å². The van der Waals surface area contributed by atoms with Gasteiger partial charge in [0, 0.05) is 23.8 Å². The number of thioether (sulfide) groups is 1. The monoisotopic (exact) mass is 542 g/mol. The van der Waals surface area contributed by atoms with Crippen LogP contribution in [0.15, 0.2) is 78.6 Å². The Morgan fingerprint density at radius 2 is 1.85 bits per heavy atom. The SMILES string of the molecule is C=CC(=O)N[C@@H]1CCC[C@H]1NC(=O)C1Sc2nccc3c2C1NC(=O)N3c1ccc(Oc2ccccc2)cn1. The molecule has 2 aromatic heterocycles. The third-order valence-electron chi connectivity index (χ3n) is 7.05. The van der Waals surface area contributed by atoms with Gasteiger partial charge in [0.15, 0.2) is 0 Å². The van der Waals surface area contributed by atoms with Crippen molar-refractivity contribution < 1.29 is 19.1 Å². The molecular weight excluding hydrogens is 516 g/mol. The molecule has 0 bridgehead atoms. The summed E-state index contributed by atoms with van der Waals surface area (Å²) in [5.41, 5.74) is 1.43. The van der Waals surface area contributed by atoms with Crippen molar-refractivity contribution in [1.82, 2.24) is 25.9 Å². The number of amides is 4. The Kier molecular flexibility index (Phi) is 6.65. The minimum atomic E-state index is -0.592. The molecule has 39 heavy (non-hydrogen) atoms. The number of ether oxygens (including phenoxy) is 1. The Bertz CT molecular complexity index is 1430. The average Bonchev–Trinajstić information content (AvgIpc) is 3.54. The van der Waals surface area contributed by atoms with E-state index in [9.17, 15) is 14.4 Å². The minimum Gasteiger partial charge on any atom is -0.456 e. The van der Waals surface area contributed by atoms with Gasteiger partial charge < -0.3 is 20.7 Å². The molecular formula is C28H26N6O4S. The lowest BCUT2D eigenvalue weighted by molar-refractivity contribution is -0.122. The number of hydrogen-bond donors (Lipinski definition) is 3. The molecule has 0 radical (unpaired) electrons. The number of carbonyl (C=O) groups is 3. The number of pyridine rings is 2. The zero-order valence-corrected chi connectivity index (χ0v) is 21.7. The van der Waals surface area contributed by atoms with Crippen LogP contribution in [0.1, 0.15) is 30.9 Å². The molecule has 2 unspecified atom stereocenters. The summed E-state index contributed by atoms with van der Waals surface area (Å²) in [5, 5.41) is 9.10. The Labute approximate surface area is 229 Å². The first-order chi connectivity index (χ1) is 19.0. The first kappa shape index (κ1) is 24.9. The quantitative estimate of drug-likeness (QED) is 0.386. The number of benzene rings is 1. The largest absolute Gasteiger partial charge is 0.456 e. The van der Waals surface area contributed by atoms with Gasteiger partial charge in [-0.2, -0.15) is 0 Å². The second kappa shape index (κ2) is 10.4. The average molecular weight is 543 g/mol. The van der Waals surface area contributed by atoms with E-state index in [1.165, 1.54) is 22.7 Å². The molecule has 3 aromatic rings. The van der Waals surface area contributed by atoms with E-state index in [-0.39, 0.29) is 29.9 Å². The minimum absolute atomic E-state index is 0.154. The van der Waals surface area contributed by atoms with Crippen LogP contribution in [-0.4, -0.2) is 45.1 Å². The number of hydrogen-bond acceptors (Lipinski definition) is 7. The van der Waals surface area contributed by atoms with Crippen LogP contribution < -0.4 is 25.6 Å². The molecule has 6 rings (SSSR count). The smallest absolute Gasteiger partial charge is 0.328 e. The summed E-state index contributed by atoms with van der Waals surface area (Å²) in [4.78, 5) is 49.1. The van der Waals surface area contributed by atoms with Crippen molar-refractivity contribution in [2.45, 2.75) is 47.7 Å². The summed E-state index contributed by atoms with van der Waals surface area (Å²) in [5.74, 6) is 1.19. The number of anilines is 2. The zero-order chi connectivity index (χ0) is 26.9. The van der Waals surface area contributed by atoms with Crippen molar-refractivity contribution in [3.63, 3.8) is 0 Å². The Hall–Kier alpha value is -4.38. The number of urea groups is 1. The normalized spacial score (nSPS) is 23.0. The van der Waals surface area contributed by atoms with Crippen molar-refractivity contribution in [3.8, 4) is 11.5 Å². The predicted molar refractivity (Wildman–Crippen MR) is 146 cm³/mol. The first-order valence-corrected chi connectivity index (χ1v) is 13.6. The van der Waals surface area contributed by atoms with Gasteiger partial charge in [-0.1, -0.05) is 36.5 Å². The number of aromatic nitrogens is 2. The molecule has 3 aliphatic rings. The van der Waals surface area contributed by atoms with E-state index >= 15 is 0 Å². The molecule has 4 atom stereocenters. The lowest BCUT2D eigenvalue weighted by atomic mass is 10.00. The second-order valence-electron chi connectivity index (χ2n) is 9.48. The van der Waals surface area contributed by atoms with Gasteiger partial charge in [0.05, 0.1) is 17.9 Å². The highest BCUT2D eigenvalue weighted by Crippen LogP contribution is 2.50. The summed E-state index contributed by atoms with van der Waals surface area (Å²) in [7, 11) is 0. The number of carbonyl (C=O) groups excluding carboxylic acids is 3. The standard InChI is InChI=1S/C28H26N6O4S/c1-2-22(35)31-18-9-6-10-19(18)32-26(36)25-24-23-20(13-14-29-27(23)39-25)34(28(37)33-24)21-12-11-17(15-30-21)38-16-7-4-3-5-8-16/h2-5,7-8,11-15,18-19,24-25H,1,6,9-10H2,(H,31,35)(H,32,36)(H,33,37)/t18-,19-,24?,25?/m1/s1. The number of rotatable bonds is 7. The fraction of sp³-hybridized carbons (Fsp3) is 0.250. The summed E-state index contributed by atoms with van der Waals surface area (Å²) >= 11 is 1.33. The fourth-order valence-corrected chi connectivity index (χ4v) is 6.49. The molecule has 4 heterocycles. The number of para-hydroxylation sites is 1. The van der Waals surface area contributed by atoms with Crippen LogP contribution in [-0.2, 0) is 9.59 Å². The Balaban J connectivity index is 1.21. The molecule has 198 valence electrons. The zero-order valence-electron chi connectivity index (χ0n) is 20.9. The Morgan fingerprint density at radius 3 is 2.59 bits per heavy atom. The van der Waals surface area contributed by atoms with E-state index in [0.29, 0.717) is 28.0 Å². The molecule has 1 saturated carbocycles. The summed E-state index contributed by atoms with van der Waals surface area (Å²) < 4.78 is 5.83. The third kappa shape index (κ3) is 4.81. The van der Waals surface area contributed by atoms with Crippen LogP contribution in [0, 0.1) is 0 Å². The van der Waals surface area contributed by atoms with Gasteiger partial charge in [-0.05, 0) is 55.7 Å². The van der Waals surface area contributed by atoms with Crippen LogP contribution in [0.4, 0.5) is 16.3 Å². The lowest BCUT2D eigenvalue weighted by Crippen LogP contribution is -2.53. The highest BCUT2D eigenvalue weighted by atomic mass is 32.2. The molecule has 0 spiro atoms. The molecule has 1 aromatic carbocycles. The molecule has 1 aliphatic carbocycles. The predicted octanol–water partition coefficient (Wildman–Crippen LogP) is 3.99. The van der Waals surface area contributed by atoms with Crippen LogP contribution in [0.25, 0.3) is 0 Å². The topological polar surface area (TPSA) is 126 Å². The third-order valence-corrected chi connectivity index (χ3v) is 8.34. The highest BCUT2D eigenvalue weighted by molar-refractivity contribution is 8.01. The van der Waals surface area contributed by atoms with Gasteiger partial charge in [0.2, 0.25) is 11.8 Å². The molecule has 4 amide bonds. The fourth-order valence-electron chi connectivity index (χ4n) is 5.25. The van der Waals surface area contributed by atoms with Crippen LogP contribution in [0.3, 0.4) is 0 Å². The summed E-state index contributed by atoms with van der Waals surface area (Å²) in [6.45, 7) is 3.50. The van der Waals surface area contributed by atoms with Gasteiger partial charge in [-0.15, -0.1) is 0 Å². The summed E-state index contributed by atoms with van der Waals surface area (Å²) in [6, 6.07) is 13.3. The molecule has 2 aliphatic heterocycles. The molecule has 3 N–H and O–H groups in total. The maximum Gasteiger partial charge on any atom is 0.328 e. The van der Waals surface area contributed by atoms with Crippen molar-refractivity contribution in [1.29, 1.82) is 0 Å². The highest BCUT2D eigenvalue weighted by Gasteiger charge is 2.47. The maximum atomic E-state index is 13.4. The maximum absolute atomic E-state index is 13.4. The van der Waals surface area contributed by atoms with E-state index in [1.807, 2.05) is 30.3 Å². The van der Waals surface area contributed by atoms with Crippen molar-refractivity contribution in [2.24, 2.45) is 0 Å². The van der Waals surface area contributed by atoms with Gasteiger partial charge in [0.25, 0.3) is 0 Å². The molecule has 0 saturated heterocycles. The van der Waals surface area contributed by atoms with E-state index in [0.717, 1.165) is 24.8 Å². The van der Waals surface area contributed by atoms with E-state index in [2.05, 4.69) is 32.5 Å². The Morgan fingerprint density at radius 1 is 1.05 bits per heavy atom. The first-order valence-electron chi connectivity index (χ1n) is 12.7. The van der Waals surface area contributed by atoms with Gasteiger partial charge in [-0.3, -0.25) is 9.59 Å². The molecule has 11 heteroatoms. The van der Waals surface area contributed by atoms with Crippen LogP contribution >= 0.6 is 11.8 Å². The van der Waals surface area contributed by atoms with Crippen molar-refractivity contribution in [3.05, 3.63) is 79.1 Å². The number of nitrogens with zero attached hydrogens (tertiary/aromatic N) is 3. The van der Waals surface area contributed by atoms with Crippen LogP contribution in [0.2, 0.25) is 0 Å². The number of nitrogens with one attached hydrogen (secondary N) is 3. The van der Waals surface area contributed by atoms with E-state index in [1.54, 1.807) is 30.6 Å². The van der Waals surface area contributed by atoms with Crippen LogP contribution in [0.5, 0.6) is 11.5 Å². The van der Waals surface area contributed by atoms with Crippen molar-refractivity contribution >= 4 is 41.1 Å².